The van der Waals surface area contributed by atoms with Crippen LogP contribution in [0.15, 0.2) is 0 Å². The average Bonchev–Trinajstić information content (AvgIpc) is 2.32. The number of rotatable bonds is 4. The van der Waals surface area contributed by atoms with Crippen molar-refractivity contribution in [1.82, 2.24) is 4.98 Å². The number of hydrogen-bond donors (Lipinski definition) is 1. The Balaban J connectivity index is 2.42. The van der Waals surface area contributed by atoms with Crippen LogP contribution in [0, 0.1) is 13.8 Å². The van der Waals surface area contributed by atoms with Gasteiger partial charge in [-0.2, -0.15) is 0 Å². The second-order valence-corrected chi connectivity index (χ2v) is 3.88. The zero-order chi connectivity index (χ0) is 8.97. The fourth-order valence-corrected chi connectivity index (χ4v) is 1.72. The molecule has 68 valence electrons. The first kappa shape index (κ1) is 9.64. The number of nitrogens with two attached hydrogens (primary N) is 1. The van der Waals surface area contributed by atoms with E-state index in [9.17, 15) is 0 Å². The molecule has 0 spiro atoms. The van der Waals surface area contributed by atoms with E-state index in [1.54, 1.807) is 11.3 Å². The predicted octanol–water partition coefficient (Wildman–Crippen LogP) is 1.24. The van der Waals surface area contributed by atoms with E-state index < -0.39 is 0 Å². The fourth-order valence-electron chi connectivity index (χ4n) is 0.844. The van der Waals surface area contributed by atoms with Gasteiger partial charge in [-0.3, -0.25) is 0 Å². The second kappa shape index (κ2) is 4.54. The molecular weight excluding hydrogens is 172 g/mol. The molecule has 1 aromatic rings. The van der Waals surface area contributed by atoms with Crippen molar-refractivity contribution < 1.29 is 4.74 Å². The van der Waals surface area contributed by atoms with Crippen LogP contribution < -0.4 is 5.73 Å². The number of aromatic nitrogens is 1. The van der Waals surface area contributed by atoms with Crippen molar-refractivity contribution in [1.29, 1.82) is 0 Å². The van der Waals surface area contributed by atoms with Gasteiger partial charge in [0.15, 0.2) is 0 Å². The maximum absolute atomic E-state index is 5.29. The van der Waals surface area contributed by atoms with Crippen LogP contribution in [-0.4, -0.2) is 18.1 Å². The van der Waals surface area contributed by atoms with E-state index in [2.05, 4.69) is 11.9 Å². The lowest BCUT2D eigenvalue weighted by Crippen LogP contribution is -2.07. The molecule has 0 aliphatic carbocycles. The van der Waals surface area contributed by atoms with Gasteiger partial charge in [-0.1, -0.05) is 0 Å². The molecule has 0 aliphatic rings. The van der Waals surface area contributed by atoms with Crippen LogP contribution in [-0.2, 0) is 11.3 Å². The predicted molar refractivity (Wildman–Crippen MR) is 50.3 cm³/mol. The van der Waals surface area contributed by atoms with Crippen molar-refractivity contribution in [2.24, 2.45) is 5.73 Å². The number of aryl methyl sites for hydroxylation is 2. The van der Waals surface area contributed by atoms with Crippen LogP contribution in [0.3, 0.4) is 0 Å². The summed E-state index contributed by atoms with van der Waals surface area (Å²) in [5.74, 6) is 0. The molecule has 0 fully saturated rings. The second-order valence-electron chi connectivity index (χ2n) is 2.59. The minimum absolute atomic E-state index is 0.573. The van der Waals surface area contributed by atoms with Gasteiger partial charge in [0.05, 0.1) is 18.9 Å². The van der Waals surface area contributed by atoms with Crippen LogP contribution in [0.1, 0.15) is 15.6 Å². The van der Waals surface area contributed by atoms with Crippen molar-refractivity contribution in [3.8, 4) is 0 Å². The fraction of sp³-hybridized carbons (Fsp3) is 0.625. The van der Waals surface area contributed by atoms with Gasteiger partial charge in [-0.25, -0.2) is 4.98 Å². The summed E-state index contributed by atoms with van der Waals surface area (Å²) >= 11 is 1.69. The van der Waals surface area contributed by atoms with Crippen LogP contribution in [0.4, 0.5) is 0 Å². The average molecular weight is 186 g/mol. The lowest BCUT2D eigenvalue weighted by molar-refractivity contribution is 0.128. The normalized spacial score (nSPS) is 10.6. The van der Waals surface area contributed by atoms with E-state index in [1.165, 1.54) is 4.88 Å². The Hall–Kier alpha value is -0.450. The van der Waals surface area contributed by atoms with Crippen LogP contribution in [0.2, 0.25) is 0 Å². The molecule has 0 amide bonds. The zero-order valence-electron chi connectivity index (χ0n) is 7.46. The van der Waals surface area contributed by atoms with Gasteiger partial charge < -0.3 is 10.5 Å². The number of thiazole rings is 1. The van der Waals surface area contributed by atoms with Gasteiger partial charge in [-0.15, -0.1) is 11.3 Å². The lowest BCUT2D eigenvalue weighted by Gasteiger charge is -1.96. The van der Waals surface area contributed by atoms with Crippen molar-refractivity contribution in [3.63, 3.8) is 0 Å². The summed E-state index contributed by atoms with van der Waals surface area (Å²) in [6.45, 7) is 5.86. The molecule has 0 saturated heterocycles. The van der Waals surface area contributed by atoms with Gasteiger partial charge in [0.1, 0.15) is 5.01 Å². The third-order valence-electron chi connectivity index (χ3n) is 1.56. The number of ether oxygens (including phenoxy) is 1. The Labute approximate surface area is 76.6 Å². The van der Waals surface area contributed by atoms with E-state index in [0.29, 0.717) is 19.8 Å². The minimum Gasteiger partial charge on any atom is -0.373 e. The molecule has 0 radical (unpaired) electrons. The highest BCUT2D eigenvalue weighted by Crippen LogP contribution is 2.16. The van der Waals surface area contributed by atoms with Crippen molar-refractivity contribution in [2.45, 2.75) is 20.5 Å². The van der Waals surface area contributed by atoms with Crippen LogP contribution in [0.25, 0.3) is 0 Å². The molecule has 0 aromatic carbocycles. The topological polar surface area (TPSA) is 48.1 Å². The van der Waals surface area contributed by atoms with Crippen molar-refractivity contribution in [2.75, 3.05) is 13.2 Å². The van der Waals surface area contributed by atoms with Crippen LogP contribution in [0.5, 0.6) is 0 Å². The van der Waals surface area contributed by atoms with Gasteiger partial charge >= 0.3 is 0 Å². The molecule has 2 N–H and O–H groups in total. The smallest absolute Gasteiger partial charge is 0.119 e. The third kappa shape index (κ3) is 2.55. The van der Waals surface area contributed by atoms with E-state index in [1.807, 2.05) is 6.92 Å². The Kier molecular flexibility index (Phi) is 3.65. The first-order chi connectivity index (χ1) is 5.74. The van der Waals surface area contributed by atoms with Crippen molar-refractivity contribution in [3.05, 3.63) is 15.6 Å². The Morgan fingerprint density at radius 2 is 2.25 bits per heavy atom. The summed E-state index contributed by atoms with van der Waals surface area (Å²) in [6.07, 6.45) is 0. The van der Waals surface area contributed by atoms with Gasteiger partial charge in [-0.05, 0) is 13.8 Å². The molecule has 0 saturated carbocycles. The molecule has 1 aromatic heterocycles. The van der Waals surface area contributed by atoms with E-state index in [4.69, 9.17) is 10.5 Å². The Bertz CT molecular complexity index is 228. The molecule has 1 heterocycles. The summed E-state index contributed by atoms with van der Waals surface area (Å²) in [6, 6.07) is 0. The Morgan fingerprint density at radius 3 is 2.75 bits per heavy atom. The first-order valence-corrected chi connectivity index (χ1v) is 4.76. The SMILES string of the molecule is Cc1nc(COCCN)sc1C. The monoisotopic (exact) mass is 186 g/mol. The summed E-state index contributed by atoms with van der Waals surface area (Å²) in [5, 5.41) is 1.04. The molecule has 1 rings (SSSR count). The molecule has 4 heteroatoms. The molecule has 0 bridgehead atoms. The van der Waals surface area contributed by atoms with Gasteiger partial charge in [0, 0.05) is 11.4 Å². The molecular formula is C8H14N2OS. The first-order valence-electron chi connectivity index (χ1n) is 3.94. The summed E-state index contributed by atoms with van der Waals surface area (Å²) in [5.41, 5.74) is 6.39. The largest absolute Gasteiger partial charge is 0.373 e. The quantitative estimate of drug-likeness (QED) is 0.720. The Morgan fingerprint density at radius 1 is 1.50 bits per heavy atom. The maximum atomic E-state index is 5.29. The summed E-state index contributed by atoms with van der Waals surface area (Å²) in [7, 11) is 0. The minimum atomic E-state index is 0.573. The lowest BCUT2D eigenvalue weighted by atomic mass is 10.4. The van der Waals surface area contributed by atoms with E-state index >= 15 is 0 Å². The van der Waals surface area contributed by atoms with Gasteiger partial charge in [0.25, 0.3) is 0 Å². The highest BCUT2D eigenvalue weighted by Gasteiger charge is 2.02. The molecule has 0 aliphatic heterocycles. The molecule has 0 atom stereocenters. The highest BCUT2D eigenvalue weighted by molar-refractivity contribution is 7.11. The maximum Gasteiger partial charge on any atom is 0.119 e. The van der Waals surface area contributed by atoms with Gasteiger partial charge in [0.2, 0.25) is 0 Å². The zero-order valence-corrected chi connectivity index (χ0v) is 8.28. The number of nitrogens with zero attached hydrogens (tertiary/aromatic N) is 1. The number of hydrogen-bond acceptors (Lipinski definition) is 4. The summed E-state index contributed by atoms with van der Waals surface area (Å²) in [4.78, 5) is 5.60. The highest BCUT2D eigenvalue weighted by atomic mass is 32.1. The summed E-state index contributed by atoms with van der Waals surface area (Å²) < 4.78 is 5.26. The molecule has 0 unspecified atom stereocenters. The standard InChI is InChI=1S/C8H14N2OS/c1-6-7(2)12-8(10-6)5-11-4-3-9/h3-5,9H2,1-2H3. The van der Waals surface area contributed by atoms with E-state index in [-0.39, 0.29) is 0 Å². The van der Waals surface area contributed by atoms with Crippen molar-refractivity contribution >= 4 is 11.3 Å². The third-order valence-corrected chi connectivity index (χ3v) is 2.61. The van der Waals surface area contributed by atoms with Crippen LogP contribution >= 0.6 is 11.3 Å². The van der Waals surface area contributed by atoms with E-state index in [0.717, 1.165) is 10.7 Å². The molecule has 12 heavy (non-hydrogen) atoms. The molecule has 3 nitrogen and oxygen atoms in total.